The fourth-order valence-electron chi connectivity index (χ4n) is 3.45. The predicted molar refractivity (Wildman–Crippen MR) is 133 cm³/mol. The van der Waals surface area contributed by atoms with Crippen LogP contribution >= 0.6 is 0 Å². The number of carbonyl (C=O) groups is 1. The predicted octanol–water partition coefficient (Wildman–Crippen LogP) is 3.78. The van der Waals surface area contributed by atoms with Crippen molar-refractivity contribution >= 4 is 15.9 Å². The fraction of sp³-hybridized carbons (Fsp3) is 0.269. The van der Waals surface area contributed by atoms with Gasteiger partial charge in [0.05, 0.1) is 25.2 Å². The summed E-state index contributed by atoms with van der Waals surface area (Å²) in [4.78, 5) is 12.5. The van der Waals surface area contributed by atoms with Crippen LogP contribution in [0.5, 0.6) is 17.2 Å². The molecule has 0 saturated heterocycles. The molecule has 8 nitrogen and oxygen atoms in total. The van der Waals surface area contributed by atoms with Gasteiger partial charge in [-0.3, -0.25) is 4.79 Å². The van der Waals surface area contributed by atoms with Crippen LogP contribution < -0.4 is 19.5 Å². The Morgan fingerprint density at radius 1 is 0.943 bits per heavy atom. The maximum atomic E-state index is 12.9. The molecule has 0 saturated carbocycles. The Morgan fingerprint density at radius 3 is 2.23 bits per heavy atom. The third-order valence-electron chi connectivity index (χ3n) is 5.43. The number of sulfonamides is 1. The van der Waals surface area contributed by atoms with E-state index >= 15 is 0 Å². The van der Waals surface area contributed by atoms with Gasteiger partial charge in [0.25, 0.3) is 5.91 Å². The molecule has 0 aromatic heterocycles. The molecule has 0 spiro atoms. The van der Waals surface area contributed by atoms with Crippen molar-refractivity contribution in [3.05, 3.63) is 83.9 Å². The topological polar surface area (TPSA) is 94.2 Å². The van der Waals surface area contributed by atoms with Gasteiger partial charge >= 0.3 is 0 Å². The van der Waals surface area contributed by atoms with E-state index in [0.717, 1.165) is 11.1 Å². The SMILES string of the molecule is COc1ccc([C@@H](C)NC(=O)COc2ccc(S(=O)(=O)N(C)Cc3ccccc3)cc2)cc1OC. The maximum absolute atomic E-state index is 12.9. The molecule has 0 radical (unpaired) electrons. The van der Waals surface area contributed by atoms with Crippen LogP contribution in [0, 0.1) is 0 Å². The lowest BCUT2D eigenvalue weighted by atomic mass is 10.1. The Morgan fingerprint density at radius 2 is 1.60 bits per heavy atom. The second kappa shape index (κ2) is 11.7. The highest BCUT2D eigenvalue weighted by atomic mass is 32.2. The first-order chi connectivity index (χ1) is 16.7. The Balaban J connectivity index is 1.55. The van der Waals surface area contributed by atoms with E-state index in [1.165, 1.54) is 35.6 Å². The lowest BCUT2D eigenvalue weighted by Gasteiger charge is -2.18. The van der Waals surface area contributed by atoms with E-state index in [2.05, 4.69) is 5.32 Å². The van der Waals surface area contributed by atoms with Gasteiger partial charge in [-0.25, -0.2) is 8.42 Å². The summed E-state index contributed by atoms with van der Waals surface area (Å²) in [6.45, 7) is 1.90. The second-order valence-corrected chi connectivity index (χ2v) is 9.96. The minimum absolute atomic E-state index is 0.148. The molecule has 0 fully saturated rings. The molecular formula is C26H30N2O6S. The largest absolute Gasteiger partial charge is 0.493 e. The molecule has 1 atom stereocenters. The van der Waals surface area contributed by atoms with E-state index < -0.39 is 10.0 Å². The van der Waals surface area contributed by atoms with Gasteiger partial charge in [-0.05, 0) is 54.4 Å². The van der Waals surface area contributed by atoms with E-state index in [4.69, 9.17) is 14.2 Å². The minimum Gasteiger partial charge on any atom is -0.493 e. The number of carbonyl (C=O) groups excluding carboxylic acids is 1. The van der Waals surface area contributed by atoms with Crippen molar-refractivity contribution in [2.24, 2.45) is 0 Å². The first-order valence-corrected chi connectivity index (χ1v) is 12.4. The van der Waals surface area contributed by atoms with Crippen molar-refractivity contribution in [1.82, 2.24) is 9.62 Å². The highest BCUT2D eigenvalue weighted by molar-refractivity contribution is 7.89. The van der Waals surface area contributed by atoms with E-state index in [1.54, 1.807) is 26.4 Å². The molecule has 0 aliphatic heterocycles. The molecule has 0 unspecified atom stereocenters. The van der Waals surface area contributed by atoms with E-state index in [1.807, 2.05) is 43.3 Å². The number of hydrogen-bond acceptors (Lipinski definition) is 6. The molecule has 3 aromatic rings. The maximum Gasteiger partial charge on any atom is 0.258 e. The van der Waals surface area contributed by atoms with Crippen LogP contribution in [0.4, 0.5) is 0 Å². The first-order valence-electron chi connectivity index (χ1n) is 11.0. The zero-order valence-electron chi connectivity index (χ0n) is 20.2. The summed E-state index contributed by atoms with van der Waals surface area (Å²) in [7, 11) is 0.988. The lowest BCUT2D eigenvalue weighted by Crippen LogP contribution is -2.31. The number of nitrogens with zero attached hydrogens (tertiary/aromatic N) is 1. The van der Waals surface area contributed by atoms with Gasteiger partial charge in [-0.15, -0.1) is 0 Å². The number of methoxy groups -OCH3 is 2. The number of hydrogen-bond donors (Lipinski definition) is 1. The van der Waals surface area contributed by atoms with Crippen LogP contribution in [-0.2, 0) is 21.4 Å². The first kappa shape index (κ1) is 26.1. The normalized spacial score (nSPS) is 12.1. The van der Waals surface area contributed by atoms with Crippen molar-refractivity contribution in [2.45, 2.75) is 24.4 Å². The van der Waals surface area contributed by atoms with Gasteiger partial charge < -0.3 is 19.5 Å². The number of amides is 1. The van der Waals surface area contributed by atoms with Crippen molar-refractivity contribution in [2.75, 3.05) is 27.9 Å². The third kappa shape index (κ3) is 6.74. The van der Waals surface area contributed by atoms with Gasteiger partial charge in [0, 0.05) is 13.6 Å². The Hall–Kier alpha value is -3.56. The van der Waals surface area contributed by atoms with Gasteiger partial charge in [0.15, 0.2) is 18.1 Å². The molecule has 0 heterocycles. The Labute approximate surface area is 206 Å². The number of nitrogens with one attached hydrogen (secondary N) is 1. The van der Waals surface area contributed by atoms with Gasteiger partial charge in [-0.1, -0.05) is 36.4 Å². The van der Waals surface area contributed by atoms with Crippen LogP contribution in [0.25, 0.3) is 0 Å². The van der Waals surface area contributed by atoms with E-state index in [0.29, 0.717) is 17.2 Å². The van der Waals surface area contributed by atoms with E-state index in [9.17, 15) is 13.2 Å². The standard InChI is InChI=1S/C26H30N2O6S/c1-19(21-10-15-24(32-3)25(16-21)33-4)27-26(29)18-34-22-11-13-23(14-12-22)35(30,31)28(2)17-20-8-6-5-7-9-20/h5-16,19H,17-18H2,1-4H3,(H,27,29)/t19-/m1/s1. The van der Waals surface area contributed by atoms with Crippen LogP contribution in [0.3, 0.4) is 0 Å². The highest BCUT2D eigenvalue weighted by Crippen LogP contribution is 2.30. The molecular weight excluding hydrogens is 468 g/mol. The lowest BCUT2D eigenvalue weighted by molar-refractivity contribution is -0.123. The molecule has 0 bridgehead atoms. The molecule has 9 heteroatoms. The van der Waals surface area contributed by atoms with Crippen LogP contribution in [0.1, 0.15) is 24.1 Å². The second-order valence-electron chi connectivity index (χ2n) is 7.91. The Bertz CT molecular complexity index is 1230. The van der Waals surface area contributed by atoms with Crippen LogP contribution in [0.15, 0.2) is 77.7 Å². The zero-order chi connectivity index (χ0) is 25.4. The summed E-state index contributed by atoms with van der Waals surface area (Å²) in [6, 6.07) is 20.5. The average molecular weight is 499 g/mol. The summed E-state index contributed by atoms with van der Waals surface area (Å²) >= 11 is 0. The van der Waals surface area contributed by atoms with E-state index in [-0.39, 0.29) is 30.0 Å². The zero-order valence-corrected chi connectivity index (χ0v) is 21.0. The minimum atomic E-state index is -3.66. The number of ether oxygens (including phenoxy) is 3. The van der Waals surface area contributed by atoms with Crippen molar-refractivity contribution in [1.29, 1.82) is 0 Å². The molecule has 3 rings (SSSR count). The van der Waals surface area contributed by atoms with Crippen LogP contribution in [0.2, 0.25) is 0 Å². The van der Waals surface area contributed by atoms with Gasteiger partial charge in [0.2, 0.25) is 10.0 Å². The summed E-state index contributed by atoms with van der Waals surface area (Å²) in [5.74, 6) is 1.26. The molecule has 1 N–H and O–H groups in total. The monoisotopic (exact) mass is 498 g/mol. The summed E-state index contributed by atoms with van der Waals surface area (Å²) < 4.78 is 43.1. The van der Waals surface area contributed by atoms with Crippen LogP contribution in [-0.4, -0.2) is 46.5 Å². The quantitative estimate of drug-likeness (QED) is 0.432. The summed E-state index contributed by atoms with van der Waals surface area (Å²) in [6.07, 6.45) is 0. The molecule has 186 valence electrons. The summed E-state index contributed by atoms with van der Waals surface area (Å²) in [5, 5.41) is 2.87. The molecule has 35 heavy (non-hydrogen) atoms. The number of benzene rings is 3. The van der Waals surface area contributed by atoms with Gasteiger partial charge in [-0.2, -0.15) is 4.31 Å². The highest BCUT2D eigenvalue weighted by Gasteiger charge is 2.21. The fourth-order valence-corrected chi connectivity index (χ4v) is 4.61. The third-order valence-corrected chi connectivity index (χ3v) is 7.25. The van der Waals surface area contributed by atoms with Crippen molar-refractivity contribution in [3.8, 4) is 17.2 Å². The Kier molecular flexibility index (Phi) is 8.73. The van der Waals surface area contributed by atoms with Crippen molar-refractivity contribution in [3.63, 3.8) is 0 Å². The smallest absolute Gasteiger partial charge is 0.258 e. The number of rotatable bonds is 11. The molecule has 0 aliphatic rings. The van der Waals surface area contributed by atoms with Gasteiger partial charge in [0.1, 0.15) is 5.75 Å². The molecule has 3 aromatic carbocycles. The average Bonchev–Trinajstić information content (AvgIpc) is 2.87. The molecule has 1 amide bonds. The summed E-state index contributed by atoms with van der Waals surface area (Å²) in [5.41, 5.74) is 1.75. The molecule has 0 aliphatic carbocycles. The van der Waals surface area contributed by atoms with Crippen molar-refractivity contribution < 1.29 is 27.4 Å².